The summed E-state index contributed by atoms with van der Waals surface area (Å²) in [5.41, 5.74) is 4.53. The van der Waals surface area contributed by atoms with Crippen LogP contribution in [0.3, 0.4) is 0 Å². The molecular formula is C7H13NO3. The monoisotopic (exact) mass is 159 g/mol. The summed E-state index contributed by atoms with van der Waals surface area (Å²) in [4.78, 5) is 18.5. The maximum atomic E-state index is 9.47. The summed E-state index contributed by atoms with van der Waals surface area (Å²) in [6.45, 7) is 10.2. The van der Waals surface area contributed by atoms with E-state index in [2.05, 4.69) is 25.5 Å². The predicted molar refractivity (Wildman–Crippen MR) is 44.0 cm³/mol. The molecule has 0 aliphatic rings. The molecule has 0 bridgehead atoms. The standard InChI is InChI=1S/C3H5NO.C2H4O2.C2H4/c1-2-3(4)5;1-2(3)4;1-2/h2H,1H2,(H2,4,5);1H3,(H,3,4);1-2H2. The van der Waals surface area contributed by atoms with Gasteiger partial charge in [-0.25, -0.2) is 0 Å². The number of hydrogen-bond donors (Lipinski definition) is 2. The Bertz CT molecular complexity index is 128. The molecule has 4 heteroatoms. The molecule has 0 spiro atoms. The third kappa shape index (κ3) is 1970. The van der Waals surface area contributed by atoms with Crippen LogP contribution in [0.2, 0.25) is 0 Å². The van der Waals surface area contributed by atoms with Crippen LogP contribution in [0.4, 0.5) is 0 Å². The van der Waals surface area contributed by atoms with Gasteiger partial charge < -0.3 is 10.8 Å². The largest absolute Gasteiger partial charge is 0.481 e. The summed E-state index contributed by atoms with van der Waals surface area (Å²) in [6, 6.07) is 0. The number of carboxylic acids is 1. The molecule has 0 saturated carbocycles. The van der Waals surface area contributed by atoms with Gasteiger partial charge in [0.2, 0.25) is 5.91 Å². The van der Waals surface area contributed by atoms with Crippen molar-refractivity contribution in [3.05, 3.63) is 25.8 Å². The Kier molecular flexibility index (Phi) is 23.2. The molecule has 0 atom stereocenters. The minimum absolute atomic E-state index is 0.481. The lowest BCUT2D eigenvalue weighted by atomic mass is 10.6. The summed E-state index contributed by atoms with van der Waals surface area (Å²) in [5, 5.41) is 7.42. The molecule has 0 aliphatic heterocycles. The molecule has 0 aromatic heterocycles. The number of primary amides is 1. The van der Waals surface area contributed by atoms with E-state index in [1.165, 1.54) is 0 Å². The Labute approximate surface area is 66.0 Å². The lowest BCUT2D eigenvalue weighted by molar-refractivity contribution is -0.134. The summed E-state index contributed by atoms with van der Waals surface area (Å²) in [5.74, 6) is -1.31. The van der Waals surface area contributed by atoms with Gasteiger partial charge in [0.15, 0.2) is 0 Å². The second-order valence-electron chi connectivity index (χ2n) is 1.13. The molecule has 64 valence electrons. The van der Waals surface area contributed by atoms with Crippen molar-refractivity contribution in [1.29, 1.82) is 0 Å². The first kappa shape index (κ1) is 16.2. The minimum Gasteiger partial charge on any atom is -0.481 e. The zero-order valence-corrected chi connectivity index (χ0v) is 6.54. The van der Waals surface area contributed by atoms with Crippen LogP contribution in [0.15, 0.2) is 25.8 Å². The van der Waals surface area contributed by atoms with E-state index in [1.807, 2.05) is 0 Å². The Balaban J connectivity index is -0.0000000965. The van der Waals surface area contributed by atoms with Crippen molar-refractivity contribution < 1.29 is 14.7 Å². The maximum absolute atomic E-state index is 9.47. The summed E-state index contributed by atoms with van der Waals surface area (Å²) in [6.07, 6.45) is 1.06. The molecule has 3 N–H and O–H groups in total. The first-order chi connectivity index (χ1) is 5.00. The number of rotatable bonds is 1. The molecular weight excluding hydrogens is 146 g/mol. The van der Waals surface area contributed by atoms with E-state index in [1.54, 1.807) is 0 Å². The molecule has 0 radical (unpaired) electrons. The van der Waals surface area contributed by atoms with Crippen molar-refractivity contribution in [3.8, 4) is 0 Å². The normalized spacial score (nSPS) is 5.55. The van der Waals surface area contributed by atoms with Crippen LogP contribution < -0.4 is 5.73 Å². The number of nitrogens with two attached hydrogens (primary N) is 1. The van der Waals surface area contributed by atoms with Crippen LogP contribution in [-0.4, -0.2) is 17.0 Å². The molecule has 0 heterocycles. The van der Waals surface area contributed by atoms with Crippen molar-refractivity contribution in [2.75, 3.05) is 0 Å². The number of hydrogen-bond acceptors (Lipinski definition) is 2. The van der Waals surface area contributed by atoms with Gasteiger partial charge >= 0.3 is 0 Å². The third-order valence-corrected chi connectivity index (χ3v) is 0.201. The lowest BCUT2D eigenvalue weighted by Gasteiger charge is -1.65. The molecule has 0 rings (SSSR count). The Hall–Kier alpha value is -1.58. The van der Waals surface area contributed by atoms with Gasteiger partial charge in [-0.15, -0.1) is 13.2 Å². The summed E-state index contributed by atoms with van der Waals surface area (Å²) >= 11 is 0. The number of carbonyl (C=O) groups excluding carboxylic acids is 1. The fourth-order valence-electron chi connectivity index (χ4n) is 0. The molecule has 0 aromatic carbocycles. The van der Waals surface area contributed by atoms with Crippen molar-refractivity contribution in [3.63, 3.8) is 0 Å². The zero-order chi connectivity index (χ0) is 9.86. The average molecular weight is 159 g/mol. The van der Waals surface area contributed by atoms with E-state index in [0.717, 1.165) is 13.0 Å². The van der Waals surface area contributed by atoms with Gasteiger partial charge in [-0.3, -0.25) is 9.59 Å². The third-order valence-electron chi connectivity index (χ3n) is 0.201. The van der Waals surface area contributed by atoms with Crippen LogP contribution in [0.25, 0.3) is 0 Å². The van der Waals surface area contributed by atoms with Gasteiger partial charge in [-0.2, -0.15) is 0 Å². The number of carbonyl (C=O) groups is 2. The van der Waals surface area contributed by atoms with Crippen molar-refractivity contribution in [1.82, 2.24) is 0 Å². The SMILES string of the molecule is C=C.C=CC(N)=O.CC(=O)O. The summed E-state index contributed by atoms with van der Waals surface area (Å²) < 4.78 is 0. The van der Waals surface area contributed by atoms with E-state index in [-0.39, 0.29) is 0 Å². The Morgan fingerprint density at radius 3 is 1.55 bits per heavy atom. The molecule has 1 amide bonds. The van der Waals surface area contributed by atoms with Crippen molar-refractivity contribution >= 4 is 11.9 Å². The molecule has 0 unspecified atom stereocenters. The smallest absolute Gasteiger partial charge is 0.300 e. The molecule has 4 nitrogen and oxygen atoms in total. The quantitative estimate of drug-likeness (QED) is 0.433. The van der Waals surface area contributed by atoms with Gasteiger partial charge in [0.05, 0.1) is 0 Å². The predicted octanol–water partition coefficient (Wildman–Crippen LogP) is 0.551. The highest BCUT2D eigenvalue weighted by molar-refractivity contribution is 5.84. The van der Waals surface area contributed by atoms with Crippen LogP contribution in [0.1, 0.15) is 6.92 Å². The fourth-order valence-corrected chi connectivity index (χ4v) is 0. The van der Waals surface area contributed by atoms with Gasteiger partial charge in [0.25, 0.3) is 5.97 Å². The Morgan fingerprint density at radius 1 is 1.45 bits per heavy atom. The van der Waals surface area contributed by atoms with Crippen molar-refractivity contribution in [2.24, 2.45) is 5.73 Å². The van der Waals surface area contributed by atoms with Gasteiger partial charge in [0, 0.05) is 6.92 Å². The maximum Gasteiger partial charge on any atom is 0.300 e. The number of aliphatic carboxylic acids is 1. The van der Waals surface area contributed by atoms with Crippen LogP contribution in [-0.2, 0) is 9.59 Å². The van der Waals surface area contributed by atoms with Gasteiger partial charge in [0.1, 0.15) is 0 Å². The second-order valence-corrected chi connectivity index (χ2v) is 1.13. The van der Waals surface area contributed by atoms with Crippen molar-refractivity contribution in [2.45, 2.75) is 6.92 Å². The highest BCUT2D eigenvalue weighted by Gasteiger charge is 1.69. The van der Waals surface area contributed by atoms with Gasteiger partial charge in [-0.1, -0.05) is 6.58 Å². The van der Waals surface area contributed by atoms with E-state index >= 15 is 0 Å². The first-order valence-corrected chi connectivity index (χ1v) is 2.62. The number of carboxylic acid groups (broad SMARTS) is 1. The summed E-state index contributed by atoms with van der Waals surface area (Å²) in [7, 11) is 0. The van der Waals surface area contributed by atoms with Gasteiger partial charge in [-0.05, 0) is 6.08 Å². The topological polar surface area (TPSA) is 80.4 Å². The first-order valence-electron chi connectivity index (χ1n) is 2.62. The highest BCUT2D eigenvalue weighted by atomic mass is 16.4. The average Bonchev–Trinajstić information content (AvgIpc) is 1.91. The van der Waals surface area contributed by atoms with Crippen LogP contribution >= 0.6 is 0 Å². The molecule has 0 saturated heterocycles. The number of amides is 1. The molecule has 11 heavy (non-hydrogen) atoms. The Morgan fingerprint density at radius 2 is 1.55 bits per heavy atom. The fraction of sp³-hybridized carbons (Fsp3) is 0.143. The molecule has 0 aromatic rings. The second kappa shape index (κ2) is 15.8. The van der Waals surface area contributed by atoms with E-state index in [0.29, 0.717) is 0 Å². The highest BCUT2D eigenvalue weighted by Crippen LogP contribution is 1.48. The molecule has 0 fully saturated rings. The lowest BCUT2D eigenvalue weighted by Crippen LogP contribution is -2.04. The van der Waals surface area contributed by atoms with E-state index in [4.69, 9.17) is 9.90 Å². The zero-order valence-electron chi connectivity index (χ0n) is 6.54. The van der Waals surface area contributed by atoms with Crippen LogP contribution in [0, 0.1) is 0 Å². The minimum atomic E-state index is -0.833. The molecule has 0 aliphatic carbocycles. The van der Waals surface area contributed by atoms with E-state index in [9.17, 15) is 4.79 Å². The van der Waals surface area contributed by atoms with Crippen LogP contribution in [0.5, 0.6) is 0 Å². The van der Waals surface area contributed by atoms with E-state index < -0.39 is 11.9 Å².